The summed E-state index contributed by atoms with van der Waals surface area (Å²) in [5, 5.41) is 6.80. The zero-order valence-corrected chi connectivity index (χ0v) is 66.2. The van der Waals surface area contributed by atoms with Crippen molar-refractivity contribution in [2.24, 2.45) is 5.92 Å². The van der Waals surface area contributed by atoms with Crippen molar-refractivity contribution in [3.8, 4) is 61.3 Å². The fraction of sp³-hybridized carbons (Fsp3) is 0.0702. The molecule has 0 fully saturated rings. The maximum absolute atomic E-state index is 6.84. The average Bonchev–Trinajstić information content (AvgIpc) is 0.746. The van der Waals surface area contributed by atoms with Gasteiger partial charge < -0.3 is 23.2 Å². The quantitative estimate of drug-likeness (QED) is 0.108. The van der Waals surface area contributed by atoms with Crippen molar-refractivity contribution in [1.29, 1.82) is 0 Å². The van der Waals surface area contributed by atoms with Crippen LogP contribution in [0.2, 0.25) is 0 Å². The highest BCUT2D eigenvalue weighted by Gasteiger charge is 2.49. The molecule has 5 nitrogen and oxygen atoms in total. The van der Waals surface area contributed by atoms with Crippen LogP contribution in [0.25, 0.3) is 138 Å². The smallest absolute Gasteiger partial charge is 0.252 e. The Bertz CT molecular complexity index is 7490. The summed E-state index contributed by atoms with van der Waals surface area (Å²) in [7, 11) is 0. The number of allylic oxidation sites excluding steroid dienone is 13. The van der Waals surface area contributed by atoms with Gasteiger partial charge in [0.25, 0.3) is 6.71 Å². The molecule has 0 radical (unpaired) electrons. The van der Waals surface area contributed by atoms with E-state index in [2.05, 4.69) is 421 Å². The summed E-state index contributed by atoms with van der Waals surface area (Å²) < 4.78 is 16.3. The van der Waals surface area contributed by atoms with E-state index in [-0.39, 0.29) is 24.6 Å². The maximum Gasteiger partial charge on any atom is 0.252 e. The Hall–Kier alpha value is -14.7. The predicted molar refractivity (Wildman–Crippen MR) is 504 cm³/mol. The van der Waals surface area contributed by atoms with Crippen LogP contribution in [-0.2, 0) is 0 Å². The molecule has 5 heterocycles. The fourth-order valence-corrected chi connectivity index (χ4v) is 21.0. The van der Waals surface area contributed by atoms with Crippen LogP contribution in [0.3, 0.4) is 0 Å². The largest absolute Gasteiger partial charge is 0.456 e. The minimum atomic E-state index is -0.363. The van der Waals surface area contributed by atoms with Crippen LogP contribution in [0.5, 0.6) is 0 Å². The third-order valence-electron chi connectivity index (χ3n) is 26.3. The van der Waals surface area contributed by atoms with Crippen LogP contribution < -0.4 is 26.2 Å². The number of hydrogen-bond acceptors (Lipinski definition) is 4. The summed E-state index contributed by atoms with van der Waals surface area (Å²) in [6.45, 7) is -0.363. The Labute approximate surface area is 698 Å². The highest BCUT2D eigenvalue weighted by atomic mass is 16.3. The number of benzene rings is 15. The van der Waals surface area contributed by atoms with Crippen LogP contribution in [0.15, 0.2) is 432 Å². The lowest BCUT2D eigenvalue weighted by molar-refractivity contribution is 0.653. The zero-order chi connectivity index (χ0) is 78.9. The Morgan fingerprint density at radius 2 is 0.867 bits per heavy atom. The Morgan fingerprint density at radius 3 is 1.53 bits per heavy atom. The molecule has 566 valence electrons. The first kappa shape index (κ1) is 69.6. The Balaban J connectivity index is 0.857. The maximum atomic E-state index is 6.84. The number of anilines is 5. The van der Waals surface area contributed by atoms with Gasteiger partial charge >= 0.3 is 0 Å². The normalized spacial score (nSPS) is 16.7. The van der Waals surface area contributed by atoms with Crippen molar-refractivity contribution < 1.29 is 8.83 Å². The van der Waals surface area contributed by atoms with E-state index in [0.29, 0.717) is 0 Å². The highest BCUT2D eigenvalue weighted by Crippen LogP contribution is 2.55. The van der Waals surface area contributed by atoms with Crippen molar-refractivity contribution in [1.82, 2.24) is 4.57 Å². The van der Waals surface area contributed by atoms with Crippen LogP contribution in [0.1, 0.15) is 54.7 Å². The van der Waals surface area contributed by atoms with Gasteiger partial charge in [-0.2, -0.15) is 0 Å². The Morgan fingerprint density at radius 1 is 0.350 bits per heavy atom. The zero-order valence-electron chi connectivity index (χ0n) is 66.2. The molecule has 24 rings (SSSR count). The molecule has 6 aliphatic rings. The molecule has 18 aromatic rings. The second kappa shape index (κ2) is 28.6. The molecule has 6 heteroatoms. The van der Waals surface area contributed by atoms with Gasteiger partial charge in [-0.05, 0) is 216 Å². The standard InChI is InChI=1S/C114H80BN3O2/c1-5-29-73(30-6-1)77-37-21-41-81(65-77)90-51-25-52-91(82-42-22-38-78(66-82)74-31-7-2-8-32-74)113(90)117-102-63-61-85(88-49-27-59-108-110(88)96-47-15-19-57-106(96)119-108)69-98(102)115-99-70-86(89-50-28-60-109-111(89)97-48-16-20-58-107(97)120-109)62-64-103(99)118(105-72-87(71-104(117)112(105)115)116-100-55-17-13-45-94(100)95-46-14-18-56-101(95)116)114-92(83-43-23-39-79(67-83)75-33-9-3-10-34-75)53-26-54-93(114)84-44-24-40-80(68-84)76-35-11-4-12-36-76/h1-11,13-21,23-35,37,39-67,69-72,84,91,113H,12,22,36,38,68H2. The first-order chi connectivity index (χ1) is 59.5. The van der Waals surface area contributed by atoms with Gasteiger partial charge in [0, 0.05) is 72.5 Å². The first-order valence-electron chi connectivity index (χ1n) is 42.4. The third-order valence-corrected chi connectivity index (χ3v) is 26.3. The van der Waals surface area contributed by atoms with E-state index < -0.39 is 0 Å². The summed E-state index contributed by atoms with van der Waals surface area (Å²) >= 11 is 0. The second-order valence-electron chi connectivity index (χ2n) is 32.9. The van der Waals surface area contributed by atoms with Crippen molar-refractivity contribution in [3.63, 3.8) is 0 Å². The van der Waals surface area contributed by atoms with Gasteiger partial charge in [0.15, 0.2) is 0 Å². The lowest BCUT2D eigenvalue weighted by Crippen LogP contribution is -2.63. The number of aromatic nitrogens is 1. The number of fused-ring (bicyclic) bond motifs is 13. The molecule has 0 saturated carbocycles. The van der Waals surface area contributed by atoms with E-state index in [1.807, 2.05) is 0 Å². The van der Waals surface area contributed by atoms with Crippen molar-refractivity contribution in [2.45, 2.75) is 44.1 Å². The highest BCUT2D eigenvalue weighted by molar-refractivity contribution is 7.00. The first-order valence-corrected chi connectivity index (χ1v) is 42.4. The number of hydrogen-bond donors (Lipinski definition) is 0. The summed E-state index contributed by atoms with van der Waals surface area (Å²) in [4.78, 5) is 5.63. The van der Waals surface area contributed by atoms with Gasteiger partial charge in [-0.15, -0.1) is 0 Å². The van der Waals surface area contributed by atoms with E-state index in [0.717, 1.165) is 160 Å². The average molecular weight is 1530 g/mol. The minimum Gasteiger partial charge on any atom is -0.456 e. The van der Waals surface area contributed by atoms with Crippen LogP contribution >= 0.6 is 0 Å². The second-order valence-corrected chi connectivity index (χ2v) is 32.9. The fourth-order valence-electron chi connectivity index (χ4n) is 21.0. The summed E-state index contributed by atoms with van der Waals surface area (Å²) in [5.41, 5.74) is 38.0. The summed E-state index contributed by atoms with van der Waals surface area (Å²) in [6, 6.07) is 127. The van der Waals surface area contributed by atoms with Gasteiger partial charge in [0.1, 0.15) is 22.3 Å². The monoisotopic (exact) mass is 1530 g/mol. The van der Waals surface area contributed by atoms with Gasteiger partial charge in [-0.25, -0.2) is 0 Å². The van der Waals surface area contributed by atoms with E-state index in [1.165, 1.54) is 88.4 Å². The number of rotatable bonds is 13. The van der Waals surface area contributed by atoms with Crippen molar-refractivity contribution >= 4 is 128 Å². The van der Waals surface area contributed by atoms with Gasteiger partial charge in [-0.3, -0.25) is 0 Å². The SMILES string of the molecule is C1=CCCC(C2=CC=CC(c3cccc(-c4cccc(-c5ccccc5)c4)c3N3c4ccc(-c5cccc6oc7ccccc7c56)cc4B4c5cc(-c6cccc7oc8ccccc8c67)ccc5N(C5C(c6cccc(-c7ccccc7)c6)=CC=CC5C5=CCCC(c6ccccc6)=C5)c5cc(-n6c7ccccc7c7ccccc76)cc3c54)C2)=C1. The van der Waals surface area contributed by atoms with Crippen LogP contribution in [0, 0.1) is 5.92 Å². The predicted octanol–water partition coefficient (Wildman–Crippen LogP) is 28.4. The van der Waals surface area contributed by atoms with E-state index in [4.69, 9.17) is 8.83 Å². The molecule has 2 aliphatic heterocycles. The summed E-state index contributed by atoms with van der Waals surface area (Å²) in [5.74, 6) is -0.170. The molecular weight excluding hydrogens is 1450 g/mol. The summed E-state index contributed by atoms with van der Waals surface area (Å²) in [6.07, 6.45) is 31.4. The van der Waals surface area contributed by atoms with Crippen molar-refractivity contribution in [3.05, 3.63) is 440 Å². The number of nitrogens with zero attached hydrogens (tertiary/aromatic N) is 3. The molecule has 3 aromatic heterocycles. The molecule has 0 spiro atoms. The van der Waals surface area contributed by atoms with Crippen molar-refractivity contribution in [2.75, 3.05) is 9.80 Å². The molecule has 3 unspecified atom stereocenters. The van der Waals surface area contributed by atoms with E-state index in [1.54, 1.807) is 0 Å². The molecule has 0 amide bonds. The third kappa shape index (κ3) is 11.4. The van der Waals surface area contributed by atoms with Gasteiger partial charge in [0.2, 0.25) is 0 Å². The lowest BCUT2D eigenvalue weighted by atomic mass is 9.33. The van der Waals surface area contributed by atoms with Crippen LogP contribution in [0.4, 0.5) is 28.4 Å². The Kier molecular flexibility index (Phi) is 16.6. The molecule has 120 heavy (non-hydrogen) atoms. The van der Waals surface area contributed by atoms with E-state index >= 15 is 0 Å². The molecule has 0 bridgehead atoms. The van der Waals surface area contributed by atoms with Crippen LogP contribution in [-0.4, -0.2) is 17.3 Å². The number of furan rings is 2. The number of para-hydroxylation sites is 5. The van der Waals surface area contributed by atoms with Gasteiger partial charge in [0.05, 0.1) is 28.5 Å². The molecule has 3 atom stereocenters. The molecule has 4 aliphatic carbocycles. The molecular formula is C114H80BN3O2. The lowest BCUT2D eigenvalue weighted by Gasteiger charge is -2.49. The van der Waals surface area contributed by atoms with E-state index in [9.17, 15) is 0 Å². The van der Waals surface area contributed by atoms with Gasteiger partial charge in [-0.1, -0.05) is 334 Å². The molecule has 0 saturated heterocycles. The topological polar surface area (TPSA) is 37.7 Å². The molecule has 15 aromatic carbocycles. The minimum absolute atomic E-state index is 0.0129. The molecule has 0 N–H and O–H groups in total.